The summed E-state index contributed by atoms with van der Waals surface area (Å²) in [5, 5.41) is 2.95. The van der Waals surface area contributed by atoms with E-state index < -0.39 is 0 Å². The molecule has 2 N–H and O–H groups in total. The molecule has 1 atom stereocenters. The number of benzene rings is 1. The summed E-state index contributed by atoms with van der Waals surface area (Å²) in [6, 6.07) is 8.19. The standard InChI is InChI=1S/C15H20N2OS/c1-10(2)12-5-4-6-13(7-12)18-8-15-17-14(9-19-15)11(3)16/h4-7,9-11H,8,16H2,1-3H3. The van der Waals surface area contributed by atoms with Crippen molar-refractivity contribution < 1.29 is 4.74 Å². The van der Waals surface area contributed by atoms with Crippen molar-refractivity contribution in [2.24, 2.45) is 5.73 Å². The normalized spacial score (nSPS) is 12.7. The third-order valence-electron chi connectivity index (χ3n) is 2.92. The predicted octanol–water partition coefficient (Wildman–Crippen LogP) is 3.87. The predicted molar refractivity (Wildman–Crippen MR) is 79.6 cm³/mol. The third kappa shape index (κ3) is 3.78. The number of hydrogen-bond acceptors (Lipinski definition) is 4. The molecule has 102 valence electrons. The summed E-state index contributed by atoms with van der Waals surface area (Å²) in [5.41, 5.74) is 8.01. The second-order valence-corrected chi connectivity index (χ2v) is 5.91. The Balaban J connectivity index is 1.99. The highest BCUT2D eigenvalue weighted by atomic mass is 32.1. The van der Waals surface area contributed by atoms with Crippen molar-refractivity contribution in [2.45, 2.75) is 39.3 Å². The first-order valence-electron chi connectivity index (χ1n) is 6.49. The monoisotopic (exact) mass is 276 g/mol. The van der Waals surface area contributed by atoms with Gasteiger partial charge >= 0.3 is 0 Å². The van der Waals surface area contributed by atoms with E-state index in [9.17, 15) is 0 Å². The van der Waals surface area contributed by atoms with Crippen molar-refractivity contribution in [1.29, 1.82) is 0 Å². The number of thiazole rings is 1. The van der Waals surface area contributed by atoms with Crippen LogP contribution in [0, 0.1) is 0 Å². The minimum absolute atomic E-state index is 0.0192. The maximum absolute atomic E-state index is 5.79. The Morgan fingerprint density at radius 1 is 1.32 bits per heavy atom. The van der Waals surface area contributed by atoms with Crippen LogP contribution in [0.15, 0.2) is 29.6 Å². The smallest absolute Gasteiger partial charge is 0.140 e. The van der Waals surface area contributed by atoms with Gasteiger partial charge in [-0.05, 0) is 30.5 Å². The van der Waals surface area contributed by atoms with Gasteiger partial charge in [0.2, 0.25) is 0 Å². The van der Waals surface area contributed by atoms with Crippen LogP contribution in [0.1, 0.15) is 49.0 Å². The Bertz CT molecular complexity index is 534. The molecule has 0 aliphatic heterocycles. The Labute approximate surface area is 118 Å². The molecule has 0 bridgehead atoms. The Hall–Kier alpha value is -1.39. The Kier molecular flexibility index (Phi) is 4.56. The van der Waals surface area contributed by atoms with Gasteiger partial charge in [-0.25, -0.2) is 4.98 Å². The first-order valence-corrected chi connectivity index (χ1v) is 7.37. The zero-order valence-electron chi connectivity index (χ0n) is 11.6. The molecule has 0 aliphatic rings. The molecule has 0 saturated carbocycles. The molecular formula is C15H20N2OS. The quantitative estimate of drug-likeness (QED) is 0.902. The number of aromatic nitrogens is 1. The van der Waals surface area contributed by atoms with Gasteiger partial charge in [0, 0.05) is 11.4 Å². The van der Waals surface area contributed by atoms with E-state index in [0.29, 0.717) is 12.5 Å². The molecule has 1 unspecified atom stereocenters. The van der Waals surface area contributed by atoms with Crippen LogP contribution in [0.25, 0.3) is 0 Å². The van der Waals surface area contributed by atoms with E-state index in [4.69, 9.17) is 10.5 Å². The van der Waals surface area contributed by atoms with Gasteiger partial charge in [0.25, 0.3) is 0 Å². The third-order valence-corrected chi connectivity index (χ3v) is 3.76. The molecule has 0 aliphatic carbocycles. The second kappa shape index (κ2) is 6.17. The van der Waals surface area contributed by atoms with Crippen LogP contribution in [0.3, 0.4) is 0 Å². The lowest BCUT2D eigenvalue weighted by molar-refractivity contribution is 0.305. The van der Waals surface area contributed by atoms with Crippen molar-refractivity contribution in [3.63, 3.8) is 0 Å². The topological polar surface area (TPSA) is 48.1 Å². The summed E-state index contributed by atoms with van der Waals surface area (Å²) < 4.78 is 5.78. The fourth-order valence-electron chi connectivity index (χ4n) is 1.71. The molecule has 2 rings (SSSR count). The van der Waals surface area contributed by atoms with Gasteiger partial charge in [-0.3, -0.25) is 0 Å². The minimum Gasteiger partial charge on any atom is -0.486 e. The van der Waals surface area contributed by atoms with E-state index in [-0.39, 0.29) is 6.04 Å². The van der Waals surface area contributed by atoms with Crippen LogP contribution in [0.2, 0.25) is 0 Å². The maximum atomic E-state index is 5.79. The molecule has 1 heterocycles. The van der Waals surface area contributed by atoms with Gasteiger partial charge in [0.15, 0.2) is 0 Å². The van der Waals surface area contributed by atoms with Gasteiger partial charge < -0.3 is 10.5 Å². The molecule has 4 heteroatoms. The van der Waals surface area contributed by atoms with E-state index in [1.165, 1.54) is 5.56 Å². The molecule has 0 amide bonds. The van der Waals surface area contributed by atoms with Crippen LogP contribution in [0.5, 0.6) is 5.75 Å². The first-order chi connectivity index (χ1) is 9.06. The summed E-state index contributed by atoms with van der Waals surface area (Å²) >= 11 is 1.59. The van der Waals surface area contributed by atoms with Gasteiger partial charge in [0.1, 0.15) is 17.4 Å². The van der Waals surface area contributed by atoms with E-state index in [1.807, 2.05) is 24.4 Å². The molecule has 2 aromatic rings. The van der Waals surface area contributed by atoms with Crippen LogP contribution >= 0.6 is 11.3 Å². The summed E-state index contributed by atoms with van der Waals surface area (Å²) in [5.74, 6) is 1.40. The SMILES string of the molecule is CC(C)c1cccc(OCc2nc(C(C)N)cs2)c1. The zero-order valence-corrected chi connectivity index (χ0v) is 12.4. The summed E-state index contributed by atoms with van der Waals surface area (Å²) in [7, 11) is 0. The Morgan fingerprint density at radius 2 is 2.11 bits per heavy atom. The van der Waals surface area contributed by atoms with Crippen molar-refractivity contribution in [3.8, 4) is 5.75 Å². The molecular weight excluding hydrogens is 256 g/mol. The summed E-state index contributed by atoms with van der Waals surface area (Å²) in [6.07, 6.45) is 0. The number of hydrogen-bond donors (Lipinski definition) is 1. The fourth-order valence-corrected chi connectivity index (χ4v) is 2.52. The lowest BCUT2D eigenvalue weighted by atomic mass is 10.0. The molecule has 3 nitrogen and oxygen atoms in total. The lowest BCUT2D eigenvalue weighted by Crippen LogP contribution is -2.05. The van der Waals surface area contributed by atoms with E-state index in [1.54, 1.807) is 11.3 Å². The van der Waals surface area contributed by atoms with Crippen molar-refractivity contribution >= 4 is 11.3 Å². The van der Waals surface area contributed by atoms with Crippen LogP contribution < -0.4 is 10.5 Å². The highest BCUT2D eigenvalue weighted by molar-refractivity contribution is 7.09. The average molecular weight is 276 g/mol. The minimum atomic E-state index is -0.0192. The van der Waals surface area contributed by atoms with E-state index in [2.05, 4.69) is 31.0 Å². The molecule has 0 radical (unpaired) electrons. The molecule has 19 heavy (non-hydrogen) atoms. The number of rotatable bonds is 5. The lowest BCUT2D eigenvalue weighted by Gasteiger charge is -2.09. The molecule has 1 aromatic carbocycles. The van der Waals surface area contributed by atoms with Gasteiger partial charge in [-0.2, -0.15) is 0 Å². The molecule has 1 aromatic heterocycles. The number of nitrogens with two attached hydrogens (primary N) is 1. The summed E-state index contributed by atoms with van der Waals surface area (Å²) in [4.78, 5) is 4.45. The summed E-state index contributed by atoms with van der Waals surface area (Å²) in [6.45, 7) is 6.79. The van der Waals surface area contributed by atoms with Crippen molar-refractivity contribution in [1.82, 2.24) is 4.98 Å². The van der Waals surface area contributed by atoms with E-state index >= 15 is 0 Å². The zero-order chi connectivity index (χ0) is 13.8. The highest BCUT2D eigenvalue weighted by Gasteiger charge is 2.07. The van der Waals surface area contributed by atoms with Gasteiger partial charge in [-0.1, -0.05) is 26.0 Å². The van der Waals surface area contributed by atoms with Crippen LogP contribution in [-0.4, -0.2) is 4.98 Å². The van der Waals surface area contributed by atoms with Gasteiger partial charge in [-0.15, -0.1) is 11.3 Å². The molecule has 0 fully saturated rings. The second-order valence-electron chi connectivity index (χ2n) is 4.97. The van der Waals surface area contributed by atoms with Crippen LogP contribution in [0.4, 0.5) is 0 Å². The molecule has 0 spiro atoms. The maximum Gasteiger partial charge on any atom is 0.140 e. The average Bonchev–Trinajstić information content (AvgIpc) is 2.85. The number of nitrogens with zero attached hydrogens (tertiary/aromatic N) is 1. The van der Waals surface area contributed by atoms with E-state index in [0.717, 1.165) is 16.5 Å². The van der Waals surface area contributed by atoms with Crippen molar-refractivity contribution in [2.75, 3.05) is 0 Å². The van der Waals surface area contributed by atoms with Gasteiger partial charge in [0.05, 0.1) is 5.69 Å². The first kappa shape index (κ1) is 14.0. The molecule has 0 saturated heterocycles. The van der Waals surface area contributed by atoms with Crippen LogP contribution in [-0.2, 0) is 6.61 Å². The largest absolute Gasteiger partial charge is 0.486 e. The highest BCUT2D eigenvalue weighted by Crippen LogP contribution is 2.22. The Morgan fingerprint density at radius 3 is 2.74 bits per heavy atom. The van der Waals surface area contributed by atoms with Crippen molar-refractivity contribution in [3.05, 3.63) is 45.9 Å². The fraction of sp³-hybridized carbons (Fsp3) is 0.400. The number of ether oxygens (including phenoxy) is 1.